The highest BCUT2D eigenvalue weighted by atomic mass is 32.1. The smallest absolute Gasteiger partial charge is 0.244 e. The zero-order valence-corrected chi connectivity index (χ0v) is 14.6. The van der Waals surface area contributed by atoms with Gasteiger partial charge in [0, 0.05) is 36.8 Å². The summed E-state index contributed by atoms with van der Waals surface area (Å²) in [6.07, 6.45) is 7.34. The van der Waals surface area contributed by atoms with Gasteiger partial charge in [-0.3, -0.25) is 9.88 Å². The second-order valence-electron chi connectivity index (χ2n) is 6.08. The summed E-state index contributed by atoms with van der Waals surface area (Å²) in [6.45, 7) is 1.59. The van der Waals surface area contributed by atoms with Crippen LogP contribution in [-0.4, -0.2) is 35.0 Å². The summed E-state index contributed by atoms with van der Waals surface area (Å²) < 4.78 is 5.59. The van der Waals surface area contributed by atoms with Crippen LogP contribution >= 0.6 is 11.3 Å². The topological polar surface area (TPSA) is 96.6 Å². The Morgan fingerprint density at radius 3 is 3.15 bits per heavy atom. The van der Waals surface area contributed by atoms with Crippen molar-refractivity contribution in [1.29, 1.82) is 0 Å². The van der Waals surface area contributed by atoms with Crippen molar-refractivity contribution in [2.75, 3.05) is 0 Å². The van der Waals surface area contributed by atoms with E-state index in [2.05, 4.69) is 52.5 Å². The van der Waals surface area contributed by atoms with Gasteiger partial charge in [0.1, 0.15) is 5.69 Å². The normalized spacial score (nSPS) is 17.3. The first-order chi connectivity index (χ1) is 12.9. The van der Waals surface area contributed by atoms with Crippen molar-refractivity contribution in [3.05, 3.63) is 64.6 Å². The van der Waals surface area contributed by atoms with E-state index < -0.39 is 0 Å². The molecule has 0 fully saturated rings. The number of nitrogens with zero attached hydrogens (tertiary/aromatic N) is 6. The molecule has 0 unspecified atom stereocenters. The second kappa shape index (κ2) is 6.43. The van der Waals surface area contributed by atoms with E-state index >= 15 is 0 Å². The first-order valence-corrected chi connectivity index (χ1v) is 9.12. The van der Waals surface area contributed by atoms with Crippen LogP contribution in [0.2, 0.25) is 0 Å². The van der Waals surface area contributed by atoms with Crippen LogP contribution in [0.15, 0.2) is 47.0 Å². The van der Waals surface area contributed by atoms with E-state index in [0.29, 0.717) is 17.4 Å². The Kier molecular flexibility index (Phi) is 3.80. The van der Waals surface area contributed by atoms with Crippen molar-refractivity contribution >= 4 is 11.3 Å². The van der Waals surface area contributed by atoms with Crippen LogP contribution in [0, 0.1) is 0 Å². The Hall–Kier alpha value is -2.91. The number of nitrogens with one attached hydrogen (secondary N) is 1. The van der Waals surface area contributed by atoms with Crippen molar-refractivity contribution in [2.45, 2.75) is 25.6 Å². The molecule has 8 nitrogen and oxygen atoms in total. The lowest BCUT2D eigenvalue weighted by atomic mass is 10.0. The molecule has 130 valence electrons. The molecule has 0 spiro atoms. The van der Waals surface area contributed by atoms with Crippen molar-refractivity contribution in [3.8, 4) is 11.5 Å². The van der Waals surface area contributed by atoms with Crippen LogP contribution in [-0.2, 0) is 19.5 Å². The largest absolute Gasteiger partial charge is 0.347 e. The Labute approximate surface area is 153 Å². The van der Waals surface area contributed by atoms with E-state index in [1.54, 1.807) is 36.3 Å². The van der Waals surface area contributed by atoms with Crippen LogP contribution in [0.25, 0.3) is 11.5 Å². The van der Waals surface area contributed by atoms with E-state index in [4.69, 9.17) is 4.52 Å². The lowest BCUT2D eigenvalue weighted by Crippen LogP contribution is -2.34. The lowest BCUT2D eigenvalue weighted by Gasteiger charge is -2.32. The number of thiophene rings is 1. The Morgan fingerprint density at radius 1 is 1.31 bits per heavy atom. The summed E-state index contributed by atoms with van der Waals surface area (Å²) in [4.78, 5) is 24.2. The predicted octanol–water partition coefficient (Wildman–Crippen LogP) is 2.61. The number of aromatic nitrogens is 6. The third-order valence-electron chi connectivity index (χ3n) is 4.45. The third-order valence-corrected chi connectivity index (χ3v) is 5.32. The average Bonchev–Trinajstić information content (AvgIpc) is 3.43. The van der Waals surface area contributed by atoms with Crippen LogP contribution in [0.1, 0.15) is 28.2 Å². The van der Waals surface area contributed by atoms with Gasteiger partial charge in [-0.25, -0.2) is 9.97 Å². The third kappa shape index (κ3) is 2.80. The number of imidazole rings is 1. The van der Waals surface area contributed by atoms with Crippen molar-refractivity contribution < 1.29 is 4.52 Å². The molecule has 9 heteroatoms. The van der Waals surface area contributed by atoms with Crippen LogP contribution in [0.4, 0.5) is 0 Å². The Bertz CT molecular complexity index is 995. The fourth-order valence-electron chi connectivity index (χ4n) is 3.19. The Balaban J connectivity index is 1.48. The van der Waals surface area contributed by atoms with Crippen molar-refractivity contribution in [1.82, 2.24) is 35.0 Å². The highest BCUT2D eigenvalue weighted by Gasteiger charge is 2.33. The molecular weight excluding hydrogens is 350 g/mol. The molecule has 0 aromatic carbocycles. The highest BCUT2D eigenvalue weighted by molar-refractivity contribution is 7.09. The van der Waals surface area contributed by atoms with Crippen LogP contribution < -0.4 is 0 Å². The quantitative estimate of drug-likeness (QED) is 0.594. The molecule has 5 rings (SSSR count). The standard InChI is InChI=1S/C17H15N7OS/c1-2-11(26-5-1)8-24-9-14-12(20-10-21-14)6-15(24)17-22-16(23-25-17)13-7-18-3-4-19-13/h1-5,7,10,15H,6,8-9H2,(H,20,21)/t15-/m0/s1. The van der Waals surface area contributed by atoms with Gasteiger partial charge < -0.3 is 9.51 Å². The summed E-state index contributed by atoms with van der Waals surface area (Å²) in [5.74, 6) is 1.04. The fourth-order valence-corrected chi connectivity index (χ4v) is 3.92. The number of aromatic amines is 1. The summed E-state index contributed by atoms with van der Waals surface area (Å²) in [6, 6.07) is 4.19. The zero-order chi connectivity index (χ0) is 17.3. The van der Waals surface area contributed by atoms with Gasteiger partial charge in [-0.05, 0) is 11.4 Å². The predicted molar refractivity (Wildman–Crippen MR) is 93.9 cm³/mol. The van der Waals surface area contributed by atoms with Gasteiger partial charge in [0.15, 0.2) is 0 Å². The molecule has 4 aromatic heterocycles. The number of H-pyrrole nitrogens is 1. The number of hydrogen-bond donors (Lipinski definition) is 1. The summed E-state index contributed by atoms with van der Waals surface area (Å²) in [5.41, 5.74) is 2.80. The minimum Gasteiger partial charge on any atom is -0.347 e. The first kappa shape index (κ1) is 15.4. The summed E-state index contributed by atoms with van der Waals surface area (Å²) in [5, 5.41) is 6.19. The molecule has 26 heavy (non-hydrogen) atoms. The molecule has 0 amide bonds. The summed E-state index contributed by atoms with van der Waals surface area (Å²) in [7, 11) is 0. The maximum absolute atomic E-state index is 5.59. The molecule has 1 aliphatic heterocycles. The van der Waals surface area contributed by atoms with E-state index in [0.717, 1.165) is 30.9 Å². The van der Waals surface area contributed by atoms with E-state index in [9.17, 15) is 0 Å². The molecule has 1 aliphatic rings. The van der Waals surface area contributed by atoms with E-state index in [1.165, 1.54) is 4.88 Å². The molecule has 0 saturated carbocycles. The molecule has 0 bridgehead atoms. The lowest BCUT2D eigenvalue weighted by molar-refractivity contribution is 0.129. The van der Waals surface area contributed by atoms with Crippen LogP contribution in [0.3, 0.4) is 0 Å². The maximum atomic E-state index is 5.59. The van der Waals surface area contributed by atoms with Gasteiger partial charge in [0.25, 0.3) is 0 Å². The SMILES string of the molecule is c1csc(CN2Cc3[nH]cnc3C[C@H]2c2nc(-c3cnccn3)no2)c1. The van der Waals surface area contributed by atoms with Gasteiger partial charge >= 0.3 is 0 Å². The van der Waals surface area contributed by atoms with E-state index in [1.807, 2.05) is 0 Å². The van der Waals surface area contributed by atoms with Gasteiger partial charge in [-0.2, -0.15) is 4.98 Å². The van der Waals surface area contributed by atoms with Crippen LogP contribution in [0.5, 0.6) is 0 Å². The molecule has 0 radical (unpaired) electrons. The molecule has 0 aliphatic carbocycles. The average molecular weight is 365 g/mol. The fraction of sp³-hybridized carbons (Fsp3) is 0.235. The van der Waals surface area contributed by atoms with E-state index in [-0.39, 0.29) is 6.04 Å². The van der Waals surface area contributed by atoms with Gasteiger partial charge in [-0.15, -0.1) is 11.3 Å². The molecule has 0 saturated heterocycles. The number of hydrogen-bond acceptors (Lipinski definition) is 8. The maximum Gasteiger partial charge on any atom is 0.244 e. The van der Waals surface area contributed by atoms with Gasteiger partial charge in [0.05, 0.1) is 30.0 Å². The number of rotatable bonds is 4. The molecule has 5 heterocycles. The summed E-state index contributed by atoms with van der Waals surface area (Å²) >= 11 is 1.75. The molecule has 1 N–H and O–H groups in total. The molecule has 1 atom stereocenters. The highest BCUT2D eigenvalue weighted by Crippen LogP contribution is 2.33. The van der Waals surface area contributed by atoms with Gasteiger partial charge in [-0.1, -0.05) is 11.2 Å². The molecular formula is C17H15N7OS. The van der Waals surface area contributed by atoms with Crippen molar-refractivity contribution in [2.24, 2.45) is 0 Å². The second-order valence-corrected chi connectivity index (χ2v) is 7.11. The minimum atomic E-state index is -0.0224. The van der Waals surface area contributed by atoms with Crippen molar-refractivity contribution in [3.63, 3.8) is 0 Å². The van der Waals surface area contributed by atoms with Gasteiger partial charge in [0.2, 0.25) is 11.7 Å². The first-order valence-electron chi connectivity index (χ1n) is 8.24. The minimum absolute atomic E-state index is 0.0224. The molecule has 4 aromatic rings. The number of fused-ring (bicyclic) bond motifs is 1. The Morgan fingerprint density at radius 2 is 2.31 bits per heavy atom. The zero-order valence-electron chi connectivity index (χ0n) is 13.7. The monoisotopic (exact) mass is 365 g/mol.